The van der Waals surface area contributed by atoms with Crippen molar-refractivity contribution >= 4 is 18.3 Å². The van der Waals surface area contributed by atoms with Crippen LogP contribution in [0.2, 0.25) is 0 Å². The minimum absolute atomic E-state index is 0. The first-order valence-electron chi connectivity index (χ1n) is 7.80. The van der Waals surface area contributed by atoms with Gasteiger partial charge in [-0.2, -0.15) is 13.2 Å². The van der Waals surface area contributed by atoms with Crippen LogP contribution in [0.1, 0.15) is 50.7 Å². The molecule has 0 saturated heterocycles. The Kier molecular flexibility index (Phi) is 9.37. The average molecular weight is 367 g/mol. The highest BCUT2D eigenvalue weighted by atomic mass is 35.5. The van der Waals surface area contributed by atoms with Crippen molar-refractivity contribution in [2.45, 2.75) is 51.7 Å². The summed E-state index contributed by atoms with van der Waals surface area (Å²) in [4.78, 5) is 12.1. The van der Waals surface area contributed by atoms with Gasteiger partial charge in [-0.05, 0) is 29.9 Å². The second kappa shape index (κ2) is 9.89. The maximum Gasteiger partial charge on any atom is 0.416 e. The molecule has 1 amide bonds. The molecule has 138 valence electrons. The third kappa shape index (κ3) is 7.53. The Morgan fingerprint density at radius 2 is 1.88 bits per heavy atom. The smallest absolute Gasteiger partial charge is 0.352 e. The highest BCUT2D eigenvalue weighted by molar-refractivity contribution is 5.85. The first kappa shape index (κ1) is 22.7. The molecule has 0 saturated carbocycles. The number of hydrogen-bond acceptors (Lipinski definition) is 2. The standard InChI is InChI=1S/C17H25F3N2O.ClH/c1-11(2)7-15(10-21)22-16(23)8-12(3)13-5-4-6-14(9-13)17(18,19)20;/h4-6,9,11-12,15H,7-8,10,21H2,1-3H3,(H,22,23);1H. The summed E-state index contributed by atoms with van der Waals surface area (Å²) in [6, 6.07) is 5.02. The maximum atomic E-state index is 12.7. The van der Waals surface area contributed by atoms with Crippen LogP contribution in [-0.2, 0) is 11.0 Å². The molecule has 1 rings (SSSR count). The highest BCUT2D eigenvalue weighted by Gasteiger charge is 2.30. The number of rotatable bonds is 7. The number of nitrogens with one attached hydrogen (secondary N) is 1. The summed E-state index contributed by atoms with van der Waals surface area (Å²) in [6.07, 6.45) is -3.46. The molecule has 7 heteroatoms. The summed E-state index contributed by atoms with van der Waals surface area (Å²) in [7, 11) is 0. The molecule has 1 aromatic carbocycles. The van der Waals surface area contributed by atoms with Crippen LogP contribution in [-0.4, -0.2) is 18.5 Å². The summed E-state index contributed by atoms with van der Waals surface area (Å²) < 4.78 is 38.2. The number of hydrogen-bond donors (Lipinski definition) is 2. The molecule has 0 aromatic heterocycles. The third-order valence-corrected chi connectivity index (χ3v) is 3.68. The molecule has 0 bridgehead atoms. The first-order chi connectivity index (χ1) is 10.6. The average Bonchev–Trinajstić information content (AvgIpc) is 2.45. The zero-order valence-corrected chi connectivity index (χ0v) is 15.0. The van der Waals surface area contributed by atoms with Gasteiger partial charge in [0.15, 0.2) is 0 Å². The topological polar surface area (TPSA) is 55.1 Å². The molecular weight excluding hydrogens is 341 g/mol. The Morgan fingerprint density at radius 1 is 1.25 bits per heavy atom. The van der Waals surface area contributed by atoms with Crippen molar-refractivity contribution < 1.29 is 18.0 Å². The van der Waals surface area contributed by atoms with E-state index in [1.54, 1.807) is 13.0 Å². The summed E-state index contributed by atoms with van der Waals surface area (Å²) in [5.41, 5.74) is 5.45. The van der Waals surface area contributed by atoms with Crippen LogP contribution in [0.4, 0.5) is 13.2 Å². The molecule has 0 aliphatic carbocycles. The highest BCUT2D eigenvalue weighted by Crippen LogP contribution is 2.31. The van der Waals surface area contributed by atoms with Crippen molar-refractivity contribution in [2.75, 3.05) is 6.54 Å². The summed E-state index contributed by atoms with van der Waals surface area (Å²) in [6.45, 7) is 6.18. The minimum Gasteiger partial charge on any atom is -0.352 e. The summed E-state index contributed by atoms with van der Waals surface area (Å²) in [5.74, 6) is -0.0782. The van der Waals surface area contributed by atoms with E-state index in [9.17, 15) is 18.0 Å². The molecule has 0 fully saturated rings. The van der Waals surface area contributed by atoms with Crippen molar-refractivity contribution in [2.24, 2.45) is 11.7 Å². The molecule has 2 unspecified atom stereocenters. The quantitative estimate of drug-likeness (QED) is 0.763. The van der Waals surface area contributed by atoms with E-state index in [-0.39, 0.29) is 36.7 Å². The molecule has 0 spiro atoms. The minimum atomic E-state index is -4.38. The second-order valence-electron chi connectivity index (χ2n) is 6.36. The fourth-order valence-electron chi connectivity index (χ4n) is 2.49. The monoisotopic (exact) mass is 366 g/mol. The van der Waals surface area contributed by atoms with Gasteiger partial charge in [0.1, 0.15) is 0 Å². The normalized spacial score (nSPS) is 14.0. The molecule has 3 nitrogen and oxygen atoms in total. The van der Waals surface area contributed by atoms with E-state index in [2.05, 4.69) is 5.32 Å². The number of carbonyl (C=O) groups is 1. The van der Waals surface area contributed by atoms with E-state index in [0.717, 1.165) is 18.6 Å². The van der Waals surface area contributed by atoms with Crippen LogP contribution < -0.4 is 11.1 Å². The van der Waals surface area contributed by atoms with Crippen LogP contribution in [0.15, 0.2) is 24.3 Å². The summed E-state index contributed by atoms with van der Waals surface area (Å²) in [5, 5.41) is 2.86. The van der Waals surface area contributed by atoms with E-state index in [1.165, 1.54) is 6.07 Å². The van der Waals surface area contributed by atoms with Gasteiger partial charge in [-0.25, -0.2) is 0 Å². The lowest BCUT2D eigenvalue weighted by Gasteiger charge is -2.20. The number of carbonyl (C=O) groups excluding carboxylic acids is 1. The molecule has 0 radical (unpaired) electrons. The molecule has 0 aliphatic heterocycles. The molecule has 1 aromatic rings. The van der Waals surface area contributed by atoms with Crippen LogP contribution in [0.25, 0.3) is 0 Å². The van der Waals surface area contributed by atoms with Crippen molar-refractivity contribution in [1.29, 1.82) is 0 Å². The number of halogens is 4. The molecule has 2 atom stereocenters. The van der Waals surface area contributed by atoms with Crippen LogP contribution in [0, 0.1) is 5.92 Å². The van der Waals surface area contributed by atoms with Crippen LogP contribution in [0.5, 0.6) is 0 Å². The lowest BCUT2D eigenvalue weighted by Crippen LogP contribution is -2.41. The lowest BCUT2D eigenvalue weighted by atomic mass is 9.95. The van der Waals surface area contributed by atoms with Gasteiger partial charge in [0.05, 0.1) is 5.56 Å². The largest absolute Gasteiger partial charge is 0.416 e. The van der Waals surface area contributed by atoms with E-state index in [1.807, 2.05) is 13.8 Å². The Balaban J connectivity index is 0.00000529. The number of amides is 1. The van der Waals surface area contributed by atoms with E-state index in [4.69, 9.17) is 5.73 Å². The van der Waals surface area contributed by atoms with Gasteiger partial charge >= 0.3 is 6.18 Å². The zero-order valence-electron chi connectivity index (χ0n) is 14.2. The number of benzene rings is 1. The van der Waals surface area contributed by atoms with Gasteiger partial charge in [-0.3, -0.25) is 4.79 Å². The van der Waals surface area contributed by atoms with Crippen LogP contribution >= 0.6 is 12.4 Å². The molecule has 0 aliphatic rings. The van der Waals surface area contributed by atoms with Gasteiger partial charge < -0.3 is 11.1 Å². The molecule has 24 heavy (non-hydrogen) atoms. The van der Waals surface area contributed by atoms with Crippen molar-refractivity contribution in [3.63, 3.8) is 0 Å². The Hall–Kier alpha value is -1.27. The first-order valence-corrected chi connectivity index (χ1v) is 7.80. The van der Waals surface area contributed by atoms with Gasteiger partial charge in [0, 0.05) is 19.0 Å². The zero-order chi connectivity index (χ0) is 17.6. The fraction of sp³-hybridized carbons (Fsp3) is 0.588. The Labute approximate surface area is 147 Å². The van der Waals surface area contributed by atoms with Crippen LogP contribution in [0.3, 0.4) is 0 Å². The van der Waals surface area contributed by atoms with Gasteiger partial charge in [-0.1, -0.05) is 39.0 Å². The number of nitrogens with two attached hydrogens (primary N) is 1. The van der Waals surface area contributed by atoms with E-state index in [0.29, 0.717) is 18.0 Å². The number of alkyl halides is 3. The Bertz CT molecular complexity index is 521. The molecule has 0 heterocycles. The SMILES string of the molecule is CC(C)CC(CN)NC(=O)CC(C)c1cccc(C(F)(F)F)c1.Cl. The van der Waals surface area contributed by atoms with Gasteiger partial charge in [0.2, 0.25) is 5.91 Å². The fourth-order valence-corrected chi connectivity index (χ4v) is 2.49. The van der Waals surface area contributed by atoms with Gasteiger partial charge in [-0.15, -0.1) is 12.4 Å². The van der Waals surface area contributed by atoms with E-state index < -0.39 is 11.7 Å². The summed E-state index contributed by atoms with van der Waals surface area (Å²) >= 11 is 0. The van der Waals surface area contributed by atoms with Crippen molar-refractivity contribution in [3.05, 3.63) is 35.4 Å². The third-order valence-electron chi connectivity index (χ3n) is 3.68. The maximum absolute atomic E-state index is 12.7. The lowest BCUT2D eigenvalue weighted by molar-refractivity contribution is -0.137. The molecule has 3 N–H and O–H groups in total. The predicted molar refractivity (Wildman–Crippen MR) is 92.2 cm³/mol. The van der Waals surface area contributed by atoms with Gasteiger partial charge in [0.25, 0.3) is 0 Å². The molecular formula is C17H26ClF3N2O. The predicted octanol–water partition coefficient (Wildman–Crippen LogP) is 4.11. The van der Waals surface area contributed by atoms with E-state index >= 15 is 0 Å². The van der Waals surface area contributed by atoms with Crippen molar-refractivity contribution in [1.82, 2.24) is 5.32 Å². The van der Waals surface area contributed by atoms with Crippen molar-refractivity contribution in [3.8, 4) is 0 Å². The Morgan fingerprint density at radius 3 is 2.38 bits per heavy atom. The second-order valence-corrected chi connectivity index (χ2v) is 6.36.